The summed E-state index contributed by atoms with van der Waals surface area (Å²) in [7, 11) is 0. The number of carbonyl (C=O) groups is 1. The first-order valence-electron chi connectivity index (χ1n) is 12.8. The molecule has 0 fully saturated rings. The highest BCUT2D eigenvalue weighted by molar-refractivity contribution is 5.86. The SMILES string of the molecule is Cc1cnc(C(=O)OCC(C)(C)CCCCOc2ccc(CCCCc3ccccc3)cc2)c[n+]1[O-]. The average Bonchev–Trinajstić information content (AvgIpc) is 2.88. The Labute approximate surface area is 214 Å². The Kier molecular flexibility index (Phi) is 10.3. The van der Waals surface area contributed by atoms with E-state index in [1.165, 1.54) is 30.2 Å². The van der Waals surface area contributed by atoms with Crippen molar-refractivity contribution in [2.45, 2.75) is 65.7 Å². The number of esters is 1. The van der Waals surface area contributed by atoms with Crippen LogP contribution in [0.4, 0.5) is 0 Å². The number of rotatable bonds is 14. The molecule has 1 aromatic heterocycles. The van der Waals surface area contributed by atoms with Crippen molar-refractivity contribution in [3.63, 3.8) is 0 Å². The first-order valence-corrected chi connectivity index (χ1v) is 12.8. The van der Waals surface area contributed by atoms with Gasteiger partial charge in [-0.15, -0.1) is 0 Å². The van der Waals surface area contributed by atoms with Crippen LogP contribution in [0, 0.1) is 17.5 Å². The summed E-state index contributed by atoms with van der Waals surface area (Å²) in [4.78, 5) is 16.2. The van der Waals surface area contributed by atoms with Gasteiger partial charge in [-0.1, -0.05) is 56.3 Å². The van der Waals surface area contributed by atoms with Crippen LogP contribution >= 0.6 is 0 Å². The molecule has 0 atom stereocenters. The molecule has 0 aliphatic rings. The quantitative estimate of drug-likeness (QED) is 0.120. The van der Waals surface area contributed by atoms with Gasteiger partial charge in [0.2, 0.25) is 17.6 Å². The zero-order valence-electron chi connectivity index (χ0n) is 21.7. The minimum absolute atomic E-state index is 0.0259. The topological polar surface area (TPSA) is 75.4 Å². The Hall–Kier alpha value is -3.41. The van der Waals surface area contributed by atoms with E-state index in [-0.39, 0.29) is 17.7 Å². The Morgan fingerprint density at radius 2 is 1.61 bits per heavy atom. The molecule has 0 unspecified atom stereocenters. The molecule has 0 spiro atoms. The van der Waals surface area contributed by atoms with E-state index in [0.29, 0.717) is 17.0 Å². The number of ether oxygens (including phenoxy) is 2. The highest BCUT2D eigenvalue weighted by Crippen LogP contribution is 2.24. The first kappa shape index (κ1) is 27.2. The smallest absolute Gasteiger partial charge is 0.363 e. The van der Waals surface area contributed by atoms with Gasteiger partial charge < -0.3 is 14.7 Å². The van der Waals surface area contributed by atoms with E-state index >= 15 is 0 Å². The summed E-state index contributed by atoms with van der Waals surface area (Å²) in [6.07, 6.45) is 9.91. The van der Waals surface area contributed by atoms with E-state index in [2.05, 4.69) is 73.4 Å². The number of nitrogens with zero attached hydrogens (tertiary/aromatic N) is 2. The van der Waals surface area contributed by atoms with Gasteiger partial charge in [0.1, 0.15) is 5.75 Å². The van der Waals surface area contributed by atoms with Crippen molar-refractivity contribution in [3.05, 3.63) is 94.7 Å². The summed E-state index contributed by atoms with van der Waals surface area (Å²) in [5.74, 6) is 0.327. The third-order valence-electron chi connectivity index (χ3n) is 6.24. The van der Waals surface area contributed by atoms with Gasteiger partial charge in [0.05, 0.1) is 19.4 Å². The number of hydrogen-bond donors (Lipinski definition) is 0. The molecule has 0 radical (unpaired) electrons. The monoisotopic (exact) mass is 490 g/mol. The molecule has 2 aromatic carbocycles. The van der Waals surface area contributed by atoms with Crippen molar-refractivity contribution < 1.29 is 19.0 Å². The van der Waals surface area contributed by atoms with Crippen LogP contribution in [-0.4, -0.2) is 24.2 Å². The average molecular weight is 491 g/mol. The van der Waals surface area contributed by atoms with Crippen molar-refractivity contribution >= 4 is 5.97 Å². The lowest BCUT2D eigenvalue weighted by Crippen LogP contribution is -2.32. The molecule has 0 N–H and O–H groups in total. The molecule has 0 saturated carbocycles. The van der Waals surface area contributed by atoms with E-state index in [9.17, 15) is 10.0 Å². The zero-order chi connectivity index (χ0) is 25.8. The Morgan fingerprint density at radius 3 is 2.28 bits per heavy atom. The maximum atomic E-state index is 12.2. The molecule has 0 aliphatic carbocycles. The molecular formula is C30H38N2O4. The minimum atomic E-state index is -0.573. The molecule has 192 valence electrons. The molecule has 0 amide bonds. The van der Waals surface area contributed by atoms with Crippen LogP contribution in [0.25, 0.3) is 0 Å². The second-order valence-corrected chi connectivity index (χ2v) is 10.1. The van der Waals surface area contributed by atoms with Crippen molar-refractivity contribution in [2.75, 3.05) is 13.2 Å². The largest absolute Gasteiger partial charge is 0.618 e. The van der Waals surface area contributed by atoms with Crippen LogP contribution in [0.3, 0.4) is 0 Å². The summed E-state index contributed by atoms with van der Waals surface area (Å²) in [6.45, 7) is 6.69. The van der Waals surface area contributed by atoms with E-state index in [1.807, 2.05) is 0 Å². The lowest BCUT2D eigenvalue weighted by Gasteiger charge is -2.24. The summed E-state index contributed by atoms with van der Waals surface area (Å²) < 4.78 is 11.9. The van der Waals surface area contributed by atoms with Crippen LogP contribution in [0.5, 0.6) is 5.75 Å². The van der Waals surface area contributed by atoms with Crippen molar-refractivity contribution in [3.8, 4) is 5.75 Å². The Bertz CT molecular complexity index is 1080. The maximum absolute atomic E-state index is 12.2. The summed E-state index contributed by atoms with van der Waals surface area (Å²) in [5.41, 5.74) is 3.04. The van der Waals surface area contributed by atoms with Crippen LogP contribution in [0.2, 0.25) is 0 Å². The molecule has 0 saturated heterocycles. The van der Waals surface area contributed by atoms with Gasteiger partial charge in [0, 0.05) is 6.92 Å². The van der Waals surface area contributed by atoms with Gasteiger partial charge in [-0.3, -0.25) is 0 Å². The number of carbonyl (C=O) groups excluding carboxylic acids is 1. The minimum Gasteiger partial charge on any atom is -0.618 e. The zero-order valence-corrected chi connectivity index (χ0v) is 21.7. The second-order valence-electron chi connectivity index (χ2n) is 10.1. The summed E-state index contributed by atoms with van der Waals surface area (Å²) in [5, 5.41) is 11.6. The summed E-state index contributed by atoms with van der Waals surface area (Å²) in [6, 6.07) is 19.1. The predicted molar refractivity (Wildman–Crippen MR) is 141 cm³/mol. The van der Waals surface area contributed by atoms with Crippen molar-refractivity contribution in [1.29, 1.82) is 0 Å². The van der Waals surface area contributed by atoms with Crippen LogP contribution in [-0.2, 0) is 17.6 Å². The third kappa shape index (κ3) is 9.33. The number of unbranched alkanes of at least 4 members (excludes halogenated alkanes) is 2. The number of hydrogen-bond acceptors (Lipinski definition) is 5. The van der Waals surface area contributed by atoms with E-state index < -0.39 is 5.97 Å². The maximum Gasteiger partial charge on any atom is 0.363 e. The van der Waals surface area contributed by atoms with Gasteiger partial charge in [0.25, 0.3) is 0 Å². The molecule has 36 heavy (non-hydrogen) atoms. The van der Waals surface area contributed by atoms with Gasteiger partial charge in [-0.25, -0.2) is 9.78 Å². The first-order chi connectivity index (χ1) is 17.3. The van der Waals surface area contributed by atoms with Crippen LogP contribution in [0.1, 0.15) is 73.3 Å². The molecule has 0 aliphatic heterocycles. The van der Waals surface area contributed by atoms with E-state index in [0.717, 1.165) is 44.1 Å². The lowest BCUT2D eigenvalue weighted by molar-refractivity contribution is -0.613. The van der Waals surface area contributed by atoms with Crippen LogP contribution in [0.15, 0.2) is 67.0 Å². The van der Waals surface area contributed by atoms with Crippen molar-refractivity contribution in [2.24, 2.45) is 5.41 Å². The Balaban J connectivity index is 1.27. The van der Waals surface area contributed by atoms with Crippen LogP contribution < -0.4 is 9.47 Å². The third-order valence-corrected chi connectivity index (χ3v) is 6.24. The highest BCUT2D eigenvalue weighted by Gasteiger charge is 2.22. The van der Waals surface area contributed by atoms with E-state index in [4.69, 9.17) is 9.47 Å². The Morgan fingerprint density at radius 1 is 0.944 bits per heavy atom. The van der Waals surface area contributed by atoms with Gasteiger partial charge in [-0.2, -0.15) is 4.73 Å². The molecular weight excluding hydrogens is 452 g/mol. The molecule has 1 heterocycles. The van der Waals surface area contributed by atoms with Crippen molar-refractivity contribution in [1.82, 2.24) is 4.98 Å². The molecule has 0 bridgehead atoms. The van der Waals surface area contributed by atoms with Gasteiger partial charge >= 0.3 is 5.97 Å². The summed E-state index contributed by atoms with van der Waals surface area (Å²) >= 11 is 0. The lowest BCUT2D eigenvalue weighted by atomic mass is 9.88. The fourth-order valence-corrected chi connectivity index (χ4v) is 3.93. The molecule has 3 rings (SSSR count). The number of benzene rings is 2. The second kappa shape index (κ2) is 13.6. The fourth-order valence-electron chi connectivity index (χ4n) is 3.93. The molecule has 6 heteroatoms. The predicted octanol–water partition coefficient (Wildman–Crippen LogP) is 6.02. The van der Waals surface area contributed by atoms with Gasteiger partial charge in [0.15, 0.2) is 0 Å². The number of aromatic nitrogens is 2. The molecule has 6 nitrogen and oxygen atoms in total. The van der Waals surface area contributed by atoms with E-state index in [1.54, 1.807) is 6.92 Å². The fraction of sp³-hybridized carbons (Fsp3) is 0.433. The number of aryl methyl sites for hydroxylation is 3. The standard InChI is InChI=1S/C30H38N2O4/c1-24-21-31-28(22-32(24)34)29(33)36-23-30(2,3)19-9-10-20-35-27-17-15-26(16-18-27)14-8-7-13-25-11-5-4-6-12-25/h4-6,11-12,15-18,21-22H,7-10,13-14,19-20,23H2,1-3H3. The van der Waals surface area contributed by atoms with Gasteiger partial charge in [-0.05, 0) is 73.6 Å². The molecule has 3 aromatic rings. The highest BCUT2D eigenvalue weighted by atomic mass is 16.5. The normalized spacial score (nSPS) is 11.3.